The SMILES string of the molecule is CNc1ncc(S(=O)(=O)NC(C)c2cccnc2)cn1. The van der Waals surface area contributed by atoms with Crippen LogP contribution in [0.15, 0.2) is 41.8 Å². The largest absolute Gasteiger partial charge is 0.357 e. The van der Waals surface area contributed by atoms with E-state index in [1.807, 2.05) is 0 Å². The van der Waals surface area contributed by atoms with E-state index >= 15 is 0 Å². The number of pyridine rings is 1. The standard InChI is InChI=1S/C12H15N5O2S/c1-9(10-4-3-5-14-6-10)17-20(18,19)11-7-15-12(13-2)16-8-11/h3-9,17H,1-2H3,(H,13,15,16). The Labute approximate surface area is 117 Å². The lowest BCUT2D eigenvalue weighted by Crippen LogP contribution is -2.27. The molecule has 0 radical (unpaired) electrons. The molecule has 1 atom stereocenters. The first kappa shape index (κ1) is 14.4. The highest BCUT2D eigenvalue weighted by Gasteiger charge is 2.19. The van der Waals surface area contributed by atoms with Gasteiger partial charge in [0.1, 0.15) is 4.90 Å². The van der Waals surface area contributed by atoms with Gasteiger partial charge >= 0.3 is 0 Å². The average Bonchev–Trinajstić information content (AvgIpc) is 2.48. The van der Waals surface area contributed by atoms with Crippen molar-refractivity contribution in [3.8, 4) is 0 Å². The van der Waals surface area contributed by atoms with Gasteiger partial charge in [-0.1, -0.05) is 6.07 Å². The van der Waals surface area contributed by atoms with Gasteiger partial charge in [0.15, 0.2) is 0 Å². The summed E-state index contributed by atoms with van der Waals surface area (Å²) in [4.78, 5) is 11.8. The van der Waals surface area contributed by atoms with Crippen LogP contribution >= 0.6 is 0 Å². The van der Waals surface area contributed by atoms with E-state index in [0.717, 1.165) is 5.56 Å². The Balaban J connectivity index is 2.18. The van der Waals surface area contributed by atoms with Gasteiger partial charge in [-0.05, 0) is 18.6 Å². The lowest BCUT2D eigenvalue weighted by molar-refractivity contribution is 0.565. The van der Waals surface area contributed by atoms with E-state index in [9.17, 15) is 8.42 Å². The number of nitrogens with one attached hydrogen (secondary N) is 2. The summed E-state index contributed by atoms with van der Waals surface area (Å²) < 4.78 is 26.9. The van der Waals surface area contributed by atoms with Crippen molar-refractivity contribution >= 4 is 16.0 Å². The van der Waals surface area contributed by atoms with Crippen LogP contribution in [0.1, 0.15) is 18.5 Å². The molecule has 7 nitrogen and oxygen atoms in total. The Kier molecular flexibility index (Phi) is 4.26. The molecule has 0 saturated carbocycles. The molecule has 0 amide bonds. The molecule has 0 fully saturated rings. The summed E-state index contributed by atoms with van der Waals surface area (Å²) in [6.07, 6.45) is 5.77. The topological polar surface area (TPSA) is 96.9 Å². The molecule has 8 heteroatoms. The zero-order valence-electron chi connectivity index (χ0n) is 11.1. The minimum Gasteiger partial charge on any atom is -0.357 e. The Morgan fingerprint density at radius 2 is 1.90 bits per heavy atom. The van der Waals surface area contributed by atoms with Crippen molar-refractivity contribution in [1.82, 2.24) is 19.7 Å². The van der Waals surface area contributed by atoms with Gasteiger partial charge in [-0.2, -0.15) is 0 Å². The van der Waals surface area contributed by atoms with Crippen LogP contribution in [0.25, 0.3) is 0 Å². The fourth-order valence-electron chi connectivity index (χ4n) is 1.58. The van der Waals surface area contributed by atoms with Gasteiger partial charge in [0, 0.05) is 25.5 Å². The third kappa shape index (κ3) is 3.28. The van der Waals surface area contributed by atoms with Crippen molar-refractivity contribution < 1.29 is 8.42 Å². The second-order valence-corrected chi connectivity index (χ2v) is 5.84. The number of hydrogen-bond acceptors (Lipinski definition) is 6. The van der Waals surface area contributed by atoms with Crippen LogP contribution < -0.4 is 10.0 Å². The molecule has 0 aliphatic rings. The van der Waals surface area contributed by atoms with Gasteiger partial charge in [0.05, 0.1) is 12.4 Å². The van der Waals surface area contributed by atoms with Gasteiger partial charge < -0.3 is 5.32 Å². The Bertz CT molecular complexity index is 658. The van der Waals surface area contributed by atoms with Gasteiger partial charge in [0.25, 0.3) is 0 Å². The first-order valence-electron chi connectivity index (χ1n) is 5.95. The first-order valence-corrected chi connectivity index (χ1v) is 7.43. The van der Waals surface area contributed by atoms with E-state index < -0.39 is 16.1 Å². The molecule has 0 aliphatic heterocycles. The Morgan fingerprint density at radius 3 is 2.45 bits per heavy atom. The van der Waals surface area contributed by atoms with Crippen LogP contribution in [0.2, 0.25) is 0 Å². The van der Waals surface area contributed by atoms with Gasteiger partial charge in [-0.15, -0.1) is 0 Å². The van der Waals surface area contributed by atoms with Crippen LogP contribution in [-0.2, 0) is 10.0 Å². The van der Waals surface area contributed by atoms with Crippen molar-refractivity contribution in [2.45, 2.75) is 17.9 Å². The Hall–Kier alpha value is -2.06. The zero-order valence-corrected chi connectivity index (χ0v) is 11.9. The van der Waals surface area contributed by atoms with Crippen LogP contribution in [0.5, 0.6) is 0 Å². The smallest absolute Gasteiger partial charge is 0.244 e. The van der Waals surface area contributed by atoms with Crippen molar-refractivity contribution in [2.24, 2.45) is 0 Å². The van der Waals surface area contributed by atoms with Crippen molar-refractivity contribution in [3.05, 3.63) is 42.5 Å². The summed E-state index contributed by atoms with van der Waals surface area (Å²) in [5, 5.41) is 2.73. The molecule has 2 N–H and O–H groups in total. The Morgan fingerprint density at radius 1 is 1.20 bits per heavy atom. The normalized spacial score (nSPS) is 12.9. The summed E-state index contributed by atoms with van der Waals surface area (Å²) >= 11 is 0. The molecule has 2 heterocycles. The van der Waals surface area contributed by atoms with E-state index in [0.29, 0.717) is 5.95 Å². The van der Waals surface area contributed by atoms with Gasteiger partial charge in [-0.25, -0.2) is 23.1 Å². The molecule has 2 aromatic rings. The van der Waals surface area contributed by atoms with E-state index in [1.165, 1.54) is 12.4 Å². The lowest BCUT2D eigenvalue weighted by Gasteiger charge is -2.13. The molecule has 0 aliphatic carbocycles. The van der Waals surface area contributed by atoms with Crippen LogP contribution in [0.4, 0.5) is 5.95 Å². The molecule has 106 valence electrons. The lowest BCUT2D eigenvalue weighted by atomic mass is 10.2. The number of sulfonamides is 1. The fourth-order valence-corrected chi connectivity index (χ4v) is 2.71. The van der Waals surface area contributed by atoms with Crippen molar-refractivity contribution in [3.63, 3.8) is 0 Å². The van der Waals surface area contributed by atoms with Crippen molar-refractivity contribution in [2.75, 3.05) is 12.4 Å². The van der Waals surface area contributed by atoms with E-state index in [1.54, 1.807) is 38.5 Å². The minimum absolute atomic E-state index is 0.0206. The second-order valence-electron chi connectivity index (χ2n) is 4.12. The van der Waals surface area contributed by atoms with Crippen LogP contribution in [0.3, 0.4) is 0 Å². The predicted octanol–water partition coefficient (Wildman–Crippen LogP) is 0.953. The molecule has 0 aromatic carbocycles. The van der Waals surface area contributed by atoms with E-state index in [4.69, 9.17) is 0 Å². The van der Waals surface area contributed by atoms with Crippen LogP contribution in [0, 0.1) is 0 Å². The number of nitrogens with zero attached hydrogens (tertiary/aromatic N) is 3. The molecular formula is C12H15N5O2S. The molecule has 2 aromatic heterocycles. The number of rotatable bonds is 5. The molecule has 20 heavy (non-hydrogen) atoms. The number of anilines is 1. The fraction of sp³-hybridized carbons (Fsp3) is 0.250. The minimum atomic E-state index is -3.66. The highest BCUT2D eigenvalue weighted by molar-refractivity contribution is 7.89. The van der Waals surface area contributed by atoms with Crippen LogP contribution in [-0.4, -0.2) is 30.4 Å². The third-order valence-electron chi connectivity index (χ3n) is 2.68. The van der Waals surface area contributed by atoms with Crippen molar-refractivity contribution in [1.29, 1.82) is 0 Å². The monoisotopic (exact) mass is 293 g/mol. The zero-order chi connectivity index (χ0) is 14.6. The molecule has 0 bridgehead atoms. The maximum atomic E-state index is 12.2. The third-order valence-corrected chi connectivity index (χ3v) is 4.17. The maximum Gasteiger partial charge on any atom is 0.244 e. The number of aromatic nitrogens is 3. The number of hydrogen-bond donors (Lipinski definition) is 2. The summed E-state index contributed by atoms with van der Waals surface area (Å²) in [5.41, 5.74) is 0.781. The predicted molar refractivity (Wildman–Crippen MR) is 74.6 cm³/mol. The molecule has 2 rings (SSSR count). The highest BCUT2D eigenvalue weighted by atomic mass is 32.2. The average molecular weight is 293 g/mol. The summed E-state index contributed by atoms with van der Waals surface area (Å²) in [7, 11) is -2.00. The summed E-state index contributed by atoms with van der Waals surface area (Å²) in [5.74, 6) is 0.365. The summed E-state index contributed by atoms with van der Waals surface area (Å²) in [6, 6.07) is 3.17. The molecule has 1 unspecified atom stereocenters. The van der Waals surface area contributed by atoms with E-state index in [-0.39, 0.29) is 4.90 Å². The van der Waals surface area contributed by atoms with E-state index in [2.05, 4.69) is 25.0 Å². The van der Waals surface area contributed by atoms with Gasteiger partial charge in [0.2, 0.25) is 16.0 Å². The first-order chi connectivity index (χ1) is 9.53. The molecule has 0 spiro atoms. The highest BCUT2D eigenvalue weighted by Crippen LogP contribution is 2.15. The van der Waals surface area contributed by atoms with Gasteiger partial charge in [-0.3, -0.25) is 4.98 Å². The molecule has 0 saturated heterocycles. The molecular weight excluding hydrogens is 278 g/mol. The maximum absolute atomic E-state index is 12.2. The quantitative estimate of drug-likeness (QED) is 0.852. The second kappa shape index (κ2) is 5.93. The summed E-state index contributed by atoms with van der Waals surface area (Å²) in [6.45, 7) is 1.75.